The Hall–Kier alpha value is -1.75. The minimum atomic E-state index is 0.394. The van der Waals surface area contributed by atoms with Crippen molar-refractivity contribution in [1.29, 1.82) is 0 Å². The second-order valence-electron chi connectivity index (χ2n) is 8.46. The van der Waals surface area contributed by atoms with Crippen molar-refractivity contribution in [2.75, 3.05) is 0 Å². The molecule has 2 aliphatic rings. The van der Waals surface area contributed by atoms with E-state index in [0.717, 1.165) is 37.2 Å². The third-order valence-electron chi connectivity index (χ3n) is 6.10. The van der Waals surface area contributed by atoms with E-state index in [9.17, 15) is 0 Å². The van der Waals surface area contributed by atoms with Crippen molar-refractivity contribution in [2.45, 2.75) is 64.3 Å². The lowest BCUT2D eigenvalue weighted by atomic mass is 9.84. The highest BCUT2D eigenvalue weighted by molar-refractivity contribution is 5.61. The van der Waals surface area contributed by atoms with Crippen LogP contribution in [0.4, 0.5) is 0 Å². The highest BCUT2D eigenvalue weighted by Crippen LogP contribution is 2.48. The van der Waals surface area contributed by atoms with Gasteiger partial charge in [0.25, 0.3) is 0 Å². The van der Waals surface area contributed by atoms with Gasteiger partial charge >= 0.3 is 0 Å². The molecule has 0 spiro atoms. The normalized spacial score (nSPS) is 25.1. The van der Waals surface area contributed by atoms with E-state index in [0.29, 0.717) is 17.4 Å². The highest BCUT2D eigenvalue weighted by atomic mass is 15.3. The van der Waals surface area contributed by atoms with Gasteiger partial charge in [-0.3, -0.25) is 4.68 Å². The fraction of sp³-hybridized carbons (Fsp3) is 0.650. The molecule has 5 nitrogen and oxygen atoms in total. The first-order valence-corrected chi connectivity index (χ1v) is 9.61. The SMILES string of the molecule is Cn1ncc(-c2ccnc(CC3CCC(N)CC3)n2)c1CC1(C)CC1. The standard InChI is InChI=1S/C20H29N5/c1-20(8-9-20)12-18-16(13-23-25(18)2)17-7-10-22-19(24-17)11-14-3-5-15(21)6-4-14/h7,10,13-15H,3-6,8-9,11-12,21H2,1-2H3. The molecule has 0 aliphatic heterocycles. The molecular formula is C20H29N5. The Morgan fingerprint density at radius 1 is 1.24 bits per heavy atom. The van der Waals surface area contributed by atoms with Crippen molar-refractivity contribution < 1.29 is 0 Å². The largest absolute Gasteiger partial charge is 0.328 e. The summed E-state index contributed by atoms with van der Waals surface area (Å²) < 4.78 is 2.02. The molecule has 4 rings (SSSR count). The number of hydrogen-bond acceptors (Lipinski definition) is 4. The molecule has 2 aliphatic carbocycles. The van der Waals surface area contributed by atoms with Gasteiger partial charge in [0.1, 0.15) is 5.82 Å². The van der Waals surface area contributed by atoms with E-state index in [1.807, 2.05) is 30.2 Å². The fourth-order valence-corrected chi connectivity index (χ4v) is 3.98. The summed E-state index contributed by atoms with van der Waals surface area (Å²) in [7, 11) is 2.04. The van der Waals surface area contributed by atoms with Crippen molar-refractivity contribution in [3.8, 4) is 11.3 Å². The van der Waals surface area contributed by atoms with Crippen molar-refractivity contribution >= 4 is 0 Å². The van der Waals surface area contributed by atoms with E-state index >= 15 is 0 Å². The third kappa shape index (κ3) is 3.76. The van der Waals surface area contributed by atoms with E-state index in [2.05, 4.69) is 17.0 Å². The molecule has 0 saturated heterocycles. The van der Waals surface area contributed by atoms with Gasteiger partial charge in [-0.15, -0.1) is 0 Å². The topological polar surface area (TPSA) is 69.6 Å². The van der Waals surface area contributed by atoms with Crippen molar-refractivity contribution in [1.82, 2.24) is 19.7 Å². The van der Waals surface area contributed by atoms with E-state index in [4.69, 9.17) is 10.7 Å². The van der Waals surface area contributed by atoms with Gasteiger partial charge in [-0.05, 0) is 62.3 Å². The number of aryl methyl sites for hydroxylation is 1. The molecular weight excluding hydrogens is 310 g/mol. The molecule has 0 radical (unpaired) electrons. The van der Waals surface area contributed by atoms with Crippen LogP contribution in [0.3, 0.4) is 0 Å². The van der Waals surface area contributed by atoms with Crippen LogP contribution in [0.5, 0.6) is 0 Å². The third-order valence-corrected chi connectivity index (χ3v) is 6.10. The first-order chi connectivity index (χ1) is 12.0. The summed E-state index contributed by atoms with van der Waals surface area (Å²) in [4.78, 5) is 9.42. The Kier molecular flexibility index (Phi) is 4.36. The second kappa shape index (κ2) is 6.52. The Balaban J connectivity index is 1.53. The Bertz CT molecular complexity index is 738. The average molecular weight is 339 g/mol. The zero-order valence-corrected chi connectivity index (χ0v) is 15.4. The van der Waals surface area contributed by atoms with Crippen molar-refractivity contribution in [2.24, 2.45) is 24.1 Å². The summed E-state index contributed by atoms with van der Waals surface area (Å²) in [6.07, 6.45) is 13.2. The van der Waals surface area contributed by atoms with E-state index < -0.39 is 0 Å². The zero-order chi connectivity index (χ0) is 17.4. The quantitative estimate of drug-likeness (QED) is 0.907. The predicted molar refractivity (Wildman–Crippen MR) is 98.9 cm³/mol. The molecule has 25 heavy (non-hydrogen) atoms. The molecule has 0 unspecified atom stereocenters. The first-order valence-electron chi connectivity index (χ1n) is 9.61. The Morgan fingerprint density at radius 3 is 2.72 bits per heavy atom. The van der Waals surface area contributed by atoms with Crippen LogP contribution in [0.15, 0.2) is 18.5 Å². The van der Waals surface area contributed by atoms with E-state index in [1.54, 1.807) is 0 Å². The van der Waals surface area contributed by atoms with Gasteiger partial charge in [-0.25, -0.2) is 9.97 Å². The van der Waals surface area contributed by atoms with Crippen LogP contribution in [-0.4, -0.2) is 25.8 Å². The molecule has 2 fully saturated rings. The van der Waals surface area contributed by atoms with Crippen LogP contribution < -0.4 is 5.73 Å². The number of nitrogens with two attached hydrogens (primary N) is 1. The second-order valence-corrected chi connectivity index (χ2v) is 8.46. The van der Waals surface area contributed by atoms with E-state index in [1.165, 1.54) is 36.9 Å². The summed E-state index contributed by atoms with van der Waals surface area (Å²) in [5, 5.41) is 4.50. The summed E-state index contributed by atoms with van der Waals surface area (Å²) in [5.74, 6) is 1.64. The average Bonchev–Trinajstić information content (AvgIpc) is 3.23. The summed E-state index contributed by atoms with van der Waals surface area (Å²) >= 11 is 0. The molecule has 2 N–H and O–H groups in total. The highest BCUT2D eigenvalue weighted by Gasteiger charge is 2.38. The van der Waals surface area contributed by atoms with Crippen LogP contribution in [0, 0.1) is 11.3 Å². The van der Waals surface area contributed by atoms with Crippen molar-refractivity contribution in [3.05, 3.63) is 30.0 Å². The number of hydrogen-bond donors (Lipinski definition) is 1. The van der Waals surface area contributed by atoms with Gasteiger partial charge in [0.15, 0.2) is 0 Å². The molecule has 0 amide bonds. The molecule has 0 aromatic carbocycles. The van der Waals surface area contributed by atoms with Crippen LogP contribution in [0.2, 0.25) is 0 Å². The maximum atomic E-state index is 6.02. The molecule has 134 valence electrons. The predicted octanol–water partition coefficient (Wildman–Crippen LogP) is 3.28. The fourth-order valence-electron chi connectivity index (χ4n) is 3.98. The molecule has 2 aromatic rings. The lowest BCUT2D eigenvalue weighted by molar-refractivity contribution is 0.321. The van der Waals surface area contributed by atoms with Crippen LogP contribution in [0.25, 0.3) is 11.3 Å². The van der Waals surface area contributed by atoms with Gasteiger partial charge < -0.3 is 5.73 Å². The summed E-state index contributed by atoms with van der Waals surface area (Å²) in [6, 6.07) is 2.42. The first kappa shape index (κ1) is 16.7. The lowest BCUT2D eigenvalue weighted by Gasteiger charge is -2.25. The van der Waals surface area contributed by atoms with Crippen LogP contribution in [0.1, 0.15) is 57.0 Å². The molecule has 2 saturated carbocycles. The van der Waals surface area contributed by atoms with Gasteiger partial charge in [0.2, 0.25) is 0 Å². The van der Waals surface area contributed by atoms with Crippen LogP contribution >= 0.6 is 0 Å². The minimum Gasteiger partial charge on any atom is -0.328 e. The maximum Gasteiger partial charge on any atom is 0.129 e. The maximum absolute atomic E-state index is 6.02. The monoisotopic (exact) mass is 339 g/mol. The zero-order valence-electron chi connectivity index (χ0n) is 15.4. The lowest BCUT2D eigenvalue weighted by Crippen LogP contribution is -2.27. The smallest absolute Gasteiger partial charge is 0.129 e. The number of aromatic nitrogens is 4. The van der Waals surface area contributed by atoms with Gasteiger partial charge in [-0.2, -0.15) is 5.10 Å². The van der Waals surface area contributed by atoms with Gasteiger partial charge in [-0.1, -0.05) is 6.92 Å². The number of nitrogens with zero attached hydrogens (tertiary/aromatic N) is 4. The summed E-state index contributed by atoms with van der Waals surface area (Å²) in [5.41, 5.74) is 9.97. The van der Waals surface area contributed by atoms with Crippen molar-refractivity contribution in [3.63, 3.8) is 0 Å². The molecule has 2 aromatic heterocycles. The molecule has 0 bridgehead atoms. The summed E-state index contributed by atoms with van der Waals surface area (Å²) in [6.45, 7) is 2.36. The Labute approximate surface area is 150 Å². The van der Waals surface area contributed by atoms with Gasteiger partial charge in [0, 0.05) is 37.0 Å². The van der Waals surface area contributed by atoms with Crippen LogP contribution in [-0.2, 0) is 19.9 Å². The molecule has 0 atom stereocenters. The minimum absolute atomic E-state index is 0.394. The molecule has 2 heterocycles. The van der Waals surface area contributed by atoms with E-state index in [-0.39, 0.29) is 0 Å². The molecule has 5 heteroatoms. The number of rotatable bonds is 5. The van der Waals surface area contributed by atoms with Gasteiger partial charge in [0.05, 0.1) is 11.9 Å². The Morgan fingerprint density at radius 2 is 2.00 bits per heavy atom.